The molecule has 5 nitrogen and oxygen atoms in total. The molecule has 0 aliphatic heterocycles. The zero-order valence-corrected chi connectivity index (χ0v) is 20.0. The zero-order chi connectivity index (χ0) is 21.2. The number of halogens is 4. The van der Waals surface area contributed by atoms with Gasteiger partial charge in [-0.05, 0) is 35.8 Å². The third-order valence-corrected chi connectivity index (χ3v) is 5.34. The monoisotopic (exact) mass is 543 g/mol. The maximum absolute atomic E-state index is 12.2. The second kappa shape index (κ2) is 13.4. The highest BCUT2D eigenvalue weighted by Crippen LogP contribution is 2.40. The van der Waals surface area contributed by atoms with Crippen molar-refractivity contribution in [2.24, 2.45) is 10.4 Å². The highest BCUT2D eigenvalue weighted by atomic mass is 127. The van der Waals surface area contributed by atoms with Crippen LogP contribution in [0, 0.1) is 5.41 Å². The maximum atomic E-state index is 12.2. The minimum Gasteiger partial charge on any atom is -0.385 e. The first kappa shape index (κ1) is 27.0. The Balaban J connectivity index is 0.00000450. The number of hydrogen-bond donors (Lipinski definition) is 2. The van der Waals surface area contributed by atoms with Crippen LogP contribution in [-0.4, -0.2) is 46.1 Å². The van der Waals surface area contributed by atoms with E-state index < -0.39 is 12.8 Å². The lowest BCUT2D eigenvalue weighted by molar-refractivity contribution is -0.176. The number of aliphatic imine (C=N–C) groups is 1. The highest BCUT2D eigenvalue weighted by Gasteiger charge is 2.33. The van der Waals surface area contributed by atoms with Crippen molar-refractivity contribution in [1.82, 2.24) is 10.6 Å². The lowest BCUT2D eigenvalue weighted by Gasteiger charge is -2.30. The van der Waals surface area contributed by atoms with Crippen molar-refractivity contribution in [2.75, 3.05) is 33.9 Å². The predicted molar refractivity (Wildman–Crippen MR) is 123 cm³/mol. The number of nitrogens with one attached hydrogen (secondary N) is 2. The van der Waals surface area contributed by atoms with Gasteiger partial charge in [-0.1, -0.05) is 37.1 Å². The fourth-order valence-corrected chi connectivity index (χ4v) is 3.75. The number of guanidine groups is 1. The molecule has 0 heterocycles. The second-order valence-electron chi connectivity index (χ2n) is 7.66. The van der Waals surface area contributed by atoms with E-state index in [1.54, 1.807) is 20.2 Å². The van der Waals surface area contributed by atoms with Gasteiger partial charge in [0.2, 0.25) is 0 Å². The molecule has 0 aromatic heterocycles. The average Bonchev–Trinajstić information content (AvgIpc) is 3.15. The molecule has 0 spiro atoms. The quantitative estimate of drug-likeness (QED) is 0.257. The molecule has 0 amide bonds. The molecule has 30 heavy (non-hydrogen) atoms. The number of benzene rings is 1. The van der Waals surface area contributed by atoms with E-state index in [-0.39, 0.29) is 36.0 Å². The van der Waals surface area contributed by atoms with Gasteiger partial charge < -0.3 is 20.1 Å². The van der Waals surface area contributed by atoms with Crippen LogP contribution in [0.3, 0.4) is 0 Å². The summed E-state index contributed by atoms with van der Waals surface area (Å²) in [7, 11) is 3.46. The summed E-state index contributed by atoms with van der Waals surface area (Å²) >= 11 is 0. The Bertz CT molecular complexity index is 651. The van der Waals surface area contributed by atoms with Crippen LogP contribution in [-0.2, 0) is 22.6 Å². The Morgan fingerprint density at radius 3 is 2.50 bits per heavy atom. The topological polar surface area (TPSA) is 54.9 Å². The van der Waals surface area contributed by atoms with Gasteiger partial charge in [-0.3, -0.25) is 4.99 Å². The van der Waals surface area contributed by atoms with Gasteiger partial charge in [0.1, 0.15) is 6.61 Å². The lowest BCUT2D eigenvalue weighted by Crippen LogP contribution is -2.43. The van der Waals surface area contributed by atoms with Crippen LogP contribution in [0.2, 0.25) is 0 Å². The largest absolute Gasteiger partial charge is 0.411 e. The van der Waals surface area contributed by atoms with Crippen LogP contribution >= 0.6 is 24.0 Å². The van der Waals surface area contributed by atoms with Crippen molar-refractivity contribution >= 4 is 29.9 Å². The molecular weight excluding hydrogens is 510 g/mol. The molecule has 1 fully saturated rings. The minimum absolute atomic E-state index is 0. The Hall–Kier alpha value is -1.07. The molecule has 0 atom stereocenters. The molecule has 9 heteroatoms. The summed E-state index contributed by atoms with van der Waals surface area (Å²) in [6.07, 6.45) is 1.62. The molecule has 2 rings (SSSR count). The first-order valence-corrected chi connectivity index (χ1v) is 10.0. The third-order valence-electron chi connectivity index (χ3n) is 5.34. The summed E-state index contributed by atoms with van der Waals surface area (Å²) in [5, 5.41) is 6.71. The number of methoxy groups -OCH3 is 1. The average molecular weight is 543 g/mol. The Morgan fingerprint density at radius 2 is 1.87 bits per heavy atom. The van der Waals surface area contributed by atoms with E-state index in [9.17, 15) is 13.2 Å². The summed E-state index contributed by atoms with van der Waals surface area (Å²) < 4.78 is 46.6. The predicted octanol–water partition coefficient (Wildman–Crippen LogP) is 4.65. The van der Waals surface area contributed by atoms with E-state index in [0.717, 1.165) is 25.1 Å². The van der Waals surface area contributed by atoms with E-state index in [2.05, 4.69) is 15.6 Å². The fraction of sp³-hybridized carbons (Fsp3) is 0.667. The van der Waals surface area contributed by atoms with Gasteiger partial charge in [-0.2, -0.15) is 13.2 Å². The molecule has 0 saturated heterocycles. The van der Waals surface area contributed by atoms with E-state index in [0.29, 0.717) is 18.1 Å². The highest BCUT2D eigenvalue weighted by molar-refractivity contribution is 14.0. The number of alkyl halides is 3. The number of rotatable bonds is 10. The first-order chi connectivity index (χ1) is 13.9. The zero-order valence-electron chi connectivity index (χ0n) is 17.7. The van der Waals surface area contributed by atoms with Gasteiger partial charge in [0, 0.05) is 33.9 Å². The summed E-state index contributed by atoms with van der Waals surface area (Å²) in [5.74, 6) is 0.715. The van der Waals surface area contributed by atoms with Crippen LogP contribution in [0.1, 0.15) is 43.2 Å². The normalized spacial score (nSPS) is 16.2. The number of ether oxygens (including phenoxy) is 2. The van der Waals surface area contributed by atoms with Crippen molar-refractivity contribution in [1.29, 1.82) is 0 Å². The van der Waals surface area contributed by atoms with Gasteiger partial charge in [0.25, 0.3) is 0 Å². The fourth-order valence-electron chi connectivity index (χ4n) is 3.75. The number of hydrogen-bond acceptors (Lipinski definition) is 3. The third kappa shape index (κ3) is 9.82. The minimum atomic E-state index is -4.31. The molecule has 1 aromatic rings. The van der Waals surface area contributed by atoms with Gasteiger partial charge in [0.15, 0.2) is 5.96 Å². The van der Waals surface area contributed by atoms with Crippen molar-refractivity contribution in [3.05, 3.63) is 35.4 Å². The van der Waals surface area contributed by atoms with Crippen molar-refractivity contribution in [3.63, 3.8) is 0 Å². The molecule has 0 radical (unpaired) electrons. The van der Waals surface area contributed by atoms with Crippen LogP contribution in [0.5, 0.6) is 0 Å². The van der Waals surface area contributed by atoms with Crippen LogP contribution in [0.25, 0.3) is 0 Å². The summed E-state index contributed by atoms with van der Waals surface area (Å²) in [5.41, 5.74) is 1.92. The molecule has 172 valence electrons. The van der Waals surface area contributed by atoms with Crippen molar-refractivity contribution < 1.29 is 22.6 Å². The Labute approximate surface area is 194 Å². The van der Waals surface area contributed by atoms with E-state index in [1.807, 2.05) is 18.2 Å². The molecular formula is C21H33F3IN3O2. The van der Waals surface area contributed by atoms with Gasteiger partial charge in [-0.15, -0.1) is 24.0 Å². The smallest absolute Gasteiger partial charge is 0.385 e. The van der Waals surface area contributed by atoms with Gasteiger partial charge in [-0.25, -0.2) is 0 Å². The molecule has 1 aliphatic carbocycles. The van der Waals surface area contributed by atoms with Crippen LogP contribution in [0.4, 0.5) is 13.2 Å². The summed E-state index contributed by atoms with van der Waals surface area (Å²) in [4.78, 5) is 4.29. The van der Waals surface area contributed by atoms with Gasteiger partial charge >= 0.3 is 6.18 Å². The lowest BCUT2D eigenvalue weighted by atomic mass is 9.83. The van der Waals surface area contributed by atoms with Crippen LogP contribution < -0.4 is 10.6 Å². The van der Waals surface area contributed by atoms with E-state index in [4.69, 9.17) is 9.47 Å². The summed E-state index contributed by atoms with van der Waals surface area (Å²) in [6, 6.07) is 7.34. The summed E-state index contributed by atoms with van der Waals surface area (Å²) in [6.45, 7) is 0.829. The van der Waals surface area contributed by atoms with Crippen molar-refractivity contribution in [2.45, 2.75) is 51.4 Å². The second-order valence-corrected chi connectivity index (χ2v) is 7.66. The Morgan fingerprint density at radius 1 is 1.17 bits per heavy atom. The number of nitrogens with zero attached hydrogens (tertiary/aromatic N) is 1. The molecule has 1 saturated carbocycles. The standard InChI is InChI=1S/C21H32F3N3O2.HI/c1-25-19(27-15-20(10-11-28-2)8-3-4-9-20)26-13-17-6-5-7-18(12-17)14-29-16-21(22,23)24;/h5-7,12H,3-4,8-11,13-16H2,1-2H3,(H2,25,26,27);1H. The molecule has 1 aliphatic rings. The Kier molecular flexibility index (Phi) is 12.0. The molecule has 0 bridgehead atoms. The molecule has 0 unspecified atom stereocenters. The molecule has 2 N–H and O–H groups in total. The maximum Gasteiger partial charge on any atom is 0.411 e. The SMILES string of the molecule is CN=C(NCc1cccc(COCC(F)(F)F)c1)NCC1(CCOC)CCCC1.I. The van der Waals surface area contributed by atoms with E-state index in [1.165, 1.54) is 25.7 Å². The van der Waals surface area contributed by atoms with Crippen LogP contribution in [0.15, 0.2) is 29.3 Å². The van der Waals surface area contributed by atoms with Gasteiger partial charge in [0.05, 0.1) is 6.61 Å². The van der Waals surface area contributed by atoms with E-state index >= 15 is 0 Å². The van der Waals surface area contributed by atoms with Crippen molar-refractivity contribution in [3.8, 4) is 0 Å². The molecule has 1 aromatic carbocycles. The first-order valence-electron chi connectivity index (χ1n) is 10.0.